The minimum atomic E-state index is -4.73. The van der Waals surface area contributed by atoms with Crippen LogP contribution in [-0.4, -0.2) is 55.6 Å². The SMILES string of the molecule is O=C(CC1NC2CC(C(F)(F)F)CC(C(F)(F)F)C2N1)NC1CCNCC1. The summed E-state index contributed by atoms with van der Waals surface area (Å²) in [5.74, 6) is -4.41. The normalized spacial score (nSPS) is 35.7. The quantitative estimate of drug-likeness (QED) is 0.542. The molecule has 3 fully saturated rings. The van der Waals surface area contributed by atoms with Crippen molar-refractivity contribution in [3.05, 3.63) is 0 Å². The lowest BCUT2D eigenvalue weighted by Gasteiger charge is -2.39. The third kappa shape index (κ3) is 5.05. The summed E-state index contributed by atoms with van der Waals surface area (Å²) in [6, 6.07) is -2.10. The van der Waals surface area contributed by atoms with Crippen molar-refractivity contribution in [3.63, 3.8) is 0 Å². The zero-order valence-corrected chi connectivity index (χ0v) is 14.6. The van der Waals surface area contributed by atoms with Crippen LogP contribution in [0.5, 0.6) is 0 Å². The molecule has 2 aliphatic heterocycles. The van der Waals surface area contributed by atoms with E-state index in [4.69, 9.17) is 0 Å². The molecule has 5 unspecified atom stereocenters. The van der Waals surface area contributed by atoms with Crippen LogP contribution in [0, 0.1) is 11.8 Å². The van der Waals surface area contributed by atoms with Gasteiger partial charge in [-0.3, -0.25) is 15.4 Å². The van der Waals surface area contributed by atoms with Gasteiger partial charge in [-0.05, 0) is 38.8 Å². The number of hydrogen-bond donors (Lipinski definition) is 4. The molecule has 5 atom stereocenters. The molecule has 0 aromatic rings. The fourth-order valence-corrected chi connectivity index (χ4v) is 4.39. The summed E-state index contributed by atoms with van der Waals surface area (Å²) >= 11 is 0. The number of hydrogen-bond acceptors (Lipinski definition) is 4. The second-order valence-electron chi connectivity index (χ2n) is 7.67. The predicted octanol–water partition coefficient (Wildman–Crippen LogP) is 1.65. The molecule has 0 spiro atoms. The van der Waals surface area contributed by atoms with Crippen molar-refractivity contribution in [2.75, 3.05) is 13.1 Å². The van der Waals surface area contributed by atoms with E-state index in [9.17, 15) is 31.1 Å². The summed E-state index contributed by atoms with van der Waals surface area (Å²) in [7, 11) is 0. The Balaban J connectivity index is 1.61. The third-order valence-electron chi connectivity index (χ3n) is 5.73. The standard InChI is InChI=1S/C16H24F6N4O/c17-15(18,19)8-5-10(16(20,21)22)14-11(6-8)25-12(26-14)7-13(27)24-9-1-3-23-4-2-9/h8-12,14,23,25-26H,1-7H2,(H,24,27). The highest BCUT2D eigenvalue weighted by Gasteiger charge is 2.58. The van der Waals surface area contributed by atoms with E-state index in [1.807, 2.05) is 0 Å². The lowest BCUT2D eigenvalue weighted by Crippen LogP contribution is -2.53. The van der Waals surface area contributed by atoms with E-state index in [0.29, 0.717) is 0 Å². The van der Waals surface area contributed by atoms with Crippen LogP contribution >= 0.6 is 0 Å². The first-order valence-corrected chi connectivity index (χ1v) is 9.19. The van der Waals surface area contributed by atoms with Crippen LogP contribution in [0.25, 0.3) is 0 Å². The van der Waals surface area contributed by atoms with Gasteiger partial charge in [-0.1, -0.05) is 0 Å². The molecule has 27 heavy (non-hydrogen) atoms. The fourth-order valence-electron chi connectivity index (χ4n) is 4.39. The number of carbonyl (C=O) groups excluding carboxylic acids is 1. The van der Waals surface area contributed by atoms with Gasteiger partial charge in [0.1, 0.15) is 0 Å². The average Bonchev–Trinajstić information content (AvgIpc) is 2.94. The van der Waals surface area contributed by atoms with Crippen molar-refractivity contribution in [1.29, 1.82) is 0 Å². The van der Waals surface area contributed by atoms with E-state index in [-0.39, 0.29) is 18.4 Å². The molecule has 1 saturated carbocycles. The van der Waals surface area contributed by atoms with Crippen LogP contribution in [0.4, 0.5) is 26.3 Å². The molecule has 0 bridgehead atoms. The molecule has 5 nitrogen and oxygen atoms in total. The van der Waals surface area contributed by atoms with Gasteiger partial charge in [0.15, 0.2) is 0 Å². The molecule has 0 aromatic carbocycles. The summed E-state index contributed by atoms with van der Waals surface area (Å²) in [6.45, 7) is 1.56. The summed E-state index contributed by atoms with van der Waals surface area (Å²) in [6.07, 6.45) is -10.1. The topological polar surface area (TPSA) is 65.2 Å². The Morgan fingerprint density at radius 1 is 0.963 bits per heavy atom. The number of alkyl halides is 6. The number of halogens is 6. The molecule has 4 N–H and O–H groups in total. The van der Waals surface area contributed by atoms with E-state index in [1.54, 1.807) is 0 Å². The van der Waals surface area contributed by atoms with Gasteiger partial charge in [-0.25, -0.2) is 0 Å². The number of carbonyl (C=O) groups is 1. The molecule has 11 heteroatoms. The molecular weight excluding hydrogens is 378 g/mol. The summed E-state index contributed by atoms with van der Waals surface area (Å²) in [5, 5.41) is 11.5. The first-order chi connectivity index (χ1) is 12.5. The zero-order chi connectivity index (χ0) is 19.8. The van der Waals surface area contributed by atoms with Crippen molar-refractivity contribution in [2.45, 2.75) is 68.7 Å². The Labute approximate surface area is 153 Å². The van der Waals surface area contributed by atoms with Crippen LogP contribution < -0.4 is 21.3 Å². The molecule has 1 aliphatic carbocycles. The van der Waals surface area contributed by atoms with Crippen LogP contribution in [0.15, 0.2) is 0 Å². The van der Waals surface area contributed by atoms with Crippen molar-refractivity contribution < 1.29 is 31.1 Å². The summed E-state index contributed by atoms with van der Waals surface area (Å²) in [5.41, 5.74) is 0. The molecule has 1 amide bonds. The zero-order valence-electron chi connectivity index (χ0n) is 14.6. The van der Waals surface area contributed by atoms with Crippen molar-refractivity contribution in [2.24, 2.45) is 11.8 Å². The van der Waals surface area contributed by atoms with E-state index in [0.717, 1.165) is 25.9 Å². The summed E-state index contributed by atoms with van der Waals surface area (Å²) < 4.78 is 79.1. The van der Waals surface area contributed by atoms with Crippen LogP contribution in [-0.2, 0) is 4.79 Å². The van der Waals surface area contributed by atoms with Crippen LogP contribution in [0.3, 0.4) is 0 Å². The number of fused-ring (bicyclic) bond motifs is 1. The van der Waals surface area contributed by atoms with E-state index < -0.39 is 55.3 Å². The maximum atomic E-state index is 13.3. The Bertz CT molecular complexity index is 534. The van der Waals surface area contributed by atoms with Crippen LogP contribution in [0.1, 0.15) is 32.1 Å². The average molecular weight is 402 g/mol. The second kappa shape index (κ2) is 7.75. The Hall–Kier alpha value is -1.07. The lowest BCUT2D eigenvalue weighted by molar-refractivity contribution is -0.228. The molecule has 2 saturated heterocycles. The predicted molar refractivity (Wildman–Crippen MR) is 84.6 cm³/mol. The van der Waals surface area contributed by atoms with Gasteiger partial charge >= 0.3 is 12.4 Å². The van der Waals surface area contributed by atoms with Gasteiger partial charge in [-0.2, -0.15) is 26.3 Å². The Kier molecular flexibility index (Phi) is 5.93. The van der Waals surface area contributed by atoms with E-state index in [2.05, 4.69) is 21.3 Å². The minimum Gasteiger partial charge on any atom is -0.353 e. The van der Waals surface area contributed by atoms with Gasteiger partial charge in [0, 0.05) is 18.1 Å². The number of amides is 1. The van der Waals surface area contributed by atoms with E-state index >= 15 is 0 Å². The minimum absolute atomic E-state index is 0.0139. The maximum Gasteiger partial charge on any atom is 0.393 e. The second-order valence-corrected chi connectivity index (χ2v) is 7.67. The molecule has 156 valence electrons. The highest BCUT2D eigenvalue weighted by atomic mass is 19.4. The molecule has 3 rings (SSSR count). The number of piperidine rings is 1. The Morgan fingerprint density at radius 3 is 2.22 bits per heavy atom. The molecule has 2 heterocycles. The van der Waals surface area contributed by atoms with Gasteiger partial charge in [0.05, 0.1) is 24.4 Å². The Morgan fingerprint density at radius 2 is 1.63 bits per heavy atom. The smallest absolute Gasteiger partial charge is 0.353 e. The largest absolute Gasteiger partial charge is 0.393 e. The van der Waals surface area contributed by atoms with Crippen molar-refractivity contribution in [1.82, 2.24) is 21.3 Å². The third-order valence-corrected chi connectivity index (χ3v) is 5.73. The summed E-state index contributed by atoms with van der Waals surface area (Å²) in [4.78, 5) is 12.2. The molecule has 0 radical (unpaired) electrons. The van der Waals surface area contributed by atoms with Gasteiger partial charge in [-0.15, -0.1) is 0 Å². The number of nitrogens with one attached hydrogen (secondary N) is 4. The molecular formula is C16H24F6N4O. The monoisotopic (exact) mass is 402 g/mol. The molecule has 0 aromatic heterocycles. The van der Waals surface area contributed by atoms with Crippen molar-refractivity contribution in [3.8, 4) is 0 Å². The van der Waals surface area contributed by atoms with Gasteiger partial charge < -0.3 is 10.6 Å². The molecule has 3 aliphatic rings. The first kappa shape index (κ1) is 20.7. The highest BCUT2D eigenvalue weighted by Crippen LogP contribution is 2.47. The fraction of sp³-hybridized carbons (Fsp3) is 0.938. The number of rotatable bonds is 3. The van der Waals surface area contributed by atoms with Crippen molar-refractivity contribution >= 4 is 5.91 Å². The van der Waals surface area contributed by atoms with E-state index in [1.165, 1.54) is 0 Å². The highest BCUT2D eigenvalue weighted by molar-refractivity contribution is 5.76. The maximum absolute atomic E-state index is 13.3. The van der Waals surface area contributed by atoms with Crippen LogP contribution in [0.2, 0.25) is 0 Å². The first-order valence-electron chi connectivity index (χ1n) is 9.19. The lowest BCUT2D eigenvalue weighted by atomic mass is 9.75. The van der Waals surface area contributed by atoms with Gasteiger partial charge in [0.25, 0.3) is 0 Å². The van der Waals surface area contributed by atoms with Gasteiger partial charge in [0.2, 0.25) is 5.91 Å².